The van der Waals surface area contributed by atoms with Crippen LogP contribution in [-0.4, -0.2) is 16.7 Å². The number of aliphatic hydroxyl groups is 1. The molecule has 0 bridgehead atoms. The summed E-state index contributed by atoms with van der Waals surface area (Å²) in [5.41, 5.74) is 8.05. The summed E-state index contributed by atoms with van der Waals surface area (Å²) in [6, 6.07) is 2.26. The first-order valence-corrected chi connectivity index (χ1v) is 7.77. The number of hydrogen-bond donors (Lipinski definition) is 2. The Labute approximate surface area is 115 Å². The predicted molar refractivity (Wildman–Crippen MR) is 78.4 cm³/mol. The highest BCUT2D eigenvalue weighted by Crippen LogP contribution is 2.25. The van der Waals surface area contributed by atoms with Crippen molar-refractivity contribution in [3.8, 4) is 0 Å². The molecule has 0 radical (unpaired) electrons. The number of thiazole rings is 1. The van der Waals surface area contributed by atoms with E-state index in [0.717, 1.165) is 31.4 Å². The molecule has 0 aliphatic rings. The van der Waals surface area contributed by atoms with E-state index >= 15 is 0 Å². The van der Waals surface area contributed by atoms with Gasteiger partial charge in [0, 0.05) is 21.7 Å². The molecular formula is C13H18N2OS2. The standard InChI is InChI=1S/C13H18N2OS2/c1-9-7-11(18-12(9)3-2-6-16)5-4-10-8-17-13(14)15-10/h7-8,16H,2-6H2,1H3,(H2,14,15). The number of hydrogen-bond acceptors (Lipinski definition) is 5. The highest BCUT2D eigenvalue weighted by atomic mass is 32.1. The Kier molecular flexibility index (Phi) is 4.74. The molecule has 98 valence electrons. The summed E-state index contributed by atoms with van der Waals surface area (Å²) in [7, 11) is 0. The van der Waals surface area contributed by atoms with Gasteiger partial charge in [0.1, 0.15) is 0 Å². The lowest BCUT2D eigenvalue weighted by molar-refractivity contribution is 0.289. The number of aromatic nitrogens is 1. The van der Waals surface area contributed by atoms with Crippen molar-refractivity contribution in [3.63, 3.8) is 0 Å². The zero-order chi connectivity index (χ0) is 13.0. The Morgan fingerprint density at radius 1 is 1.33 bits per heavy atom. The van der Waals surface area contributed by atoms with Crippen molar-refractivity contribution in [1.82, 2.24) is 4.98 Å². The Morgan fingerprint density at radius 3 is 2.83 bits per heavy atom. The second-order valence-corrected chi connectivity index (χ2v) is 6.43. The second kappa shape index (κ2) is 6.31. The minimum atomic E-state index is 0.269. The van der Waals surface area contributed by atoms with Crippen LogP contribution >= 0.6 is 22.7 Å². The fourth-order valence-electron chi connectivity index (χ4n) is 1.89. The number of anilines is 1. The summed E-state index contributed by atoms with van der Waals surface area (Å²) in [5.74, 6) is 0. The zero-order valence-corrected chi connectivity index (χ0v) is 12.1. The molecule has 0 fully saturated rings. The number of nitrogen functional groups attached to an aromatic ring is 1. The maximum absolute atomic E-state index is 8.87. The number of aryl methyl sites for hydroxylation is 4. The summed E-state index contributed by atoms with van der Waals surface area (Å²) < 4.78 is 0. The molecule has 0 unspecified atom stereocenters. The molecular weight excluding hydrogens is 264 g/mol. The van der Waals surface area contributed by atoms with Crippen LogP contribution in [0, 0.1) is 6.92 Å². The van der Waals surface area contributed by atoms with Gasteiger partial charge in [-0.05, 0) is 44.2 Å². The first-order valence-electron chi connectivity index (χ1n) is 6.08. The van der Waals surface area contributed by atoms with Crippen molar-refractivity contribution in [2.24, 2.45) is 0 Å². The normalized spacial score (nSPS) is 11.0. The Bertz CT molecular complexity index is 505. The van der Waals surface area contributed by atoms with Crippen LogP contribution in [0.3, 0.4) is 0 Å². The fraction of sp³-hybridized carbons (Fsp3) is 0.462. The summed E-state index contributed by atoms with van der Waals surface area (Å²) in [6.07, 6.45) is 3.81. The number of rotatable bonds is 6. The molecule has 0 saturated heterocycles. The van der Waals surface area contributed by atoms with E-state index in [0.29, 0.717) is 5.13 Å². The van der Waals surface area contributed by atoms with E-state index in [2.05, 4.69) is 18.0 Å². The van der Waals surface area contributed by atoms with Crippen LogP contribution in [0.5, 0.6) is 0 Å². The minimum Gasteiger partial charge on any atom is -0.396 e. The van der Waals surface area contributed by atoms with Gasteiger partial charge in [-0.2, -0.15) is 0 Å². The monoisotopic (exact) mass is 282 g/mol. The molecule has 3 nitrogen and oxygen atoms in total. The van der Waals surface area contributed by atoms with Gasteiger partial charge in [0.2, 0.25) is 0 Å². The third-order valence-corrected chi connectivity index (χ3v) is 4.91. The molecule has 2 aromatic heterocycles. The molecule has 0 aliphatic carbocycles. The number of nitrogens with zero attached hydrogens (tertiary/aromatic N) is 1. The van der Waals surface area contributed by atoms with Crippen molar-refractivity contribution >= 4 is 27.8 Å². The zero-order valence-electron chi connectivity index (χ0n) is 10.5. The maximum atomic E-state index is 8.87. The largest absolute Gasteiger partial charge is 0.396 e. The first kappa shape index (κ1) is 13.5. The minimum absolute atomic E-state index is 0.269. The highest BCUT2D eigenvalue weighted by molar-refractivity contribution is 7.13. The SMILES string of the molecule is Cc1cc(CCc2csc(N)n2)sc1CCCO. The van der Waals surface area contributed by atoms with Gasteiger partial charge in [-0.15, -0.1) is 22.7 Å². The quantitative estimate of drug-likeness (QED) is 0.856. The Morgan fingerprint density at radius 2 is 2.17 bits per heavy atom. The topological polar surface area (TPSA) is 59.1 Å². The lowest BCUT2D eigenvalue weighted by Crippen LogP contribution is -1.90. The van der Waals surface area contributed by atoms with Crippen LogP contribution in [0.15, 0.2) is 11.4 Å². The van der Waals surface area contributed by atoms with E-state index < -0.39 is 0 Å². The van der Waals surface area contributed by atoms with E-state index in [-0.39, 0.29) is 6.61 Å². The smallest absolute Gasteiger partial charge is 0.180 e. The molecule has 0 amide bonds. The molecule has 3 N–H and O–H groups in total. The third-order valence-electron chi connectivity index (χ3n) is 2.83. The van der Waals surface area contributed by atoms with Gasteiger partial charge in [0.15, 0.2) is 5.13 Å². The average Bonchev–Trinajstić information content (AvgIpc) is 2.91. The van der Waals surface area contributed by atoms with Crippen LogP contribution in [0.4, 0.5) is 5.13 Å². The van der Waals surface area contributed by atoms with Gasteiger partial charge >= 0.3 is 0 Å². The first-order chi connectivity index (χ1) is 8.69. The number of thiophene rings is 1. The Hall–Kier alpha value is -0.910. The molecule has 5 heteroatoms. The average molecular weight is 282 g/mol. The van der Waals surface area contributed by atoms with E-state index in [1.807, 2.05) is 16.7 Å². The molecule has 0 atom stereocenters. The van der Waals surface area contributed by atoms with Crippen LogP contribution in [0.25, 0.3) is 0 Å². The number of aliphatic hydroxyl groups excluding tert-OH is 1. The fourth-order valence-corrected chi connectivity index (χ4v) is 3.71. The van der Waals surface area contributed by atoms with E-state index in [9.17, 15) is 0 Å². The second-order valence-electron chi connectivity index (χ2n) is 4.32. The van der Waals surface area contributed by atoms with Crippen molar-refractivity contribution < 1.29 is 5.11 Å². The predicted octanol–water partition coefficient (Wildman–Crippen LogP) is 2.81. The van der Waals surface area contributed by atoms with Crippen molar-refractivity contribution in [3.05, 3.63) is 32.5 Å². The lowest BCUT2D eigenvalue weighted by atomic mass is 10.1. The van der Waals surface area contributed by atoms with E-state index in [4.69, 9.17) is 10.8 Å². The molecule has 0 saturated carbocycles. The van der Waals surface area contributed by atoms with E-state index in [1.165, 1.54) is 26.7 Å². The van der Waals surface area contributed by atoms with Crippen molar-refractivity contribution in [2.45, 2.75) is 32.6 Å². The number of nitrogens with two attached hydrogens (primary N) is 1. The van der Waals surface area contributed by atoms with Gasteiger partial charge in [0.05, 0.1) is 5.69 Å². The maximum Gasteiger partial charge on any atom is 0.180 e. The summed E-state index contributed by atoms with van der Waals surface area (Å²) >= 11 is 3.36. The summed E-state index contributed by atoms with van der Waals surface area (Å²) in [5, 5.41) is 11.5. The van der Waals surface area contributed by atoms with Crippen LogP contribution in [0.2, 0.25) is 0 Å². The van der Waals surface area contributed by atoms with Gasteiger partial charge < -0.3 is 10.8 Å². The molecule has 2 aromatic rings. The third kappa shape index (κ3) is 3.54. The van der Waals surface area contributed by atoms with Crippen LogP contribution in [-0.2, 0) is 19.3 Å². The summed E-state index contributed by atoms with van der Waals surface area (Å²) in [4.78, 5) is 7.07. The van der Waals surface area contributed by atoms with Gasteiger partial charge in [-0.3, -0.25) is 0 Å². The van der Waals surface area contributed by atoms with Gasteiger partial charge in [-0.1, -0.05) is 0 Å². The Balaban J connectivity index is 1.93. The van der Waals surface area contributed by atoms with Crippen LogP contribution in [0.1, 0.15) is 27.4 Å². The molecule has 0 aromatic carbocycles. The molecule has 2 rings (SSSR count). The van der Waals surface area contributed by atoms with Gasteiger partial charge in [0.25, 0.3) is 0 Å². The molecule has 2 heterocycles. The molecule has 0 spiro atoms. The van der Waals surface area contributed by atoms with Crippen molar-refractivity contribution in [1.29, 1.82) is 0 Å². The van der Waals surface area contributed by atoms with Gasteiger partial charge in [-0.25, -0.2) is 4.98 Å². The molecule has 18 heavy (non-hydrogen) atoms. The molecule has 0 aliphatic heterocycles. The summed E-state index contributed by atoms with van der Waals surface area (Å²) in [6.45, 7) is 2.41. The van der Waals surface area contributed by atoms with Crippen LogP contribution < -0.4 is 5.73 Å². The van der Waals surface area contributed by atoms with E-state index in [1.54, 1.807) is 0 Å². The van der Waals surface area contributed by atoms with Crippen molar-refractivity contribution in [2.75, 3.05) is 12.3 Å². The highest BCUT2D eigenvalue weighted by Gasteiger charge is 2.06. The lowest BCUT2D eigenvalue weighted by Gasteiger charge is -1.96.